The van der Waals surface area contributed by atoms with Crippen molar-refractivity contribution in [1.82, 2.24) is 15.0 Å². The first-order chi connectivity index (χ1) is 10.5. The molecule has 0 radical (unpaired) electrons. The molecule has 0 saturated heterocycles. The molecule has 0 N–H and O–H groups in total. The molecule has 0 aromatic carbocycles. The highest BCUT2D eigenvalue weighted by Crippen LogP contribution is 2.25. The predicted molar refractivity (Wildman–Crippen MR) is 88.5 cm³/mol. The number of anilines is 1. The maximum atomic E-state index is 5.48. The molecule has 2 rings (SSSR count). The second-order valence-electron chi connectivity index (χ2n) is 5.54. The molecular formula is C17H24N4O. The van der Waals surface area contributed by atoms with Crippen LogP contribution < -0.4 is 9.64 Å². The standard InChI is InChI=1S/C17H24N4O/c1-7-15-19-12(3)8-16(20-15)21(5)10-14-13(4)17(22-6)11(2)9-18-14/h8-9H,7,10H2,1-6H3. The van der Waals surface area contributed by atoms with Crippen molar-refractivity contribution in [3.05, 3.63) is 40.6 Å². The molecule has 118 valence electrons. The second kappa shape index (κ2) is 6.73. The van der Waals surface area contributed by atoms with Crippen molar-refractivity contribution in [3.8, 4) is 5.75 Å². The second-order valence-corrected chi connectivity index (χ2v) is 5.54. The zero-order chi connectivity index (χ0) is 16.3. The molecule has 2 aromatic heterocycles. The third-order valence-electron chi connectivity index (χ3n) is 3.73. The molecule has 0 spiro atoms. The molecular weight excluding hydrogens is 276 g/mol. The van der Waals surface area contributed by atoms with Crippen molar-refractivity contribution in [1.29, 1.82) is 0 Å². The predicted octanol–water partition coefficient (Wildman–Crippen LogP) is 3.00. The van der Waals surface area contributed by atoms with Crippen LogP contribution in [-0.2, 0) is 13.0 Å². The number of nitrogens with zero attached hydrogens (tertiary/aromatic N) is 4. The molecule has 0 aliphatic heterocycles. The van der Waals surface area contributed by atoms with E-state index >= 15 is 0 Å². The van der Waals surface area contributed by atoms with E-state index in [9.17, 15) is 0 Å². The maximum Gasteiger partial charge on any atom is 0.132 e. The topological polar surface area (TPSA) is 51.1 Å². The van der Waals surface area contributed by atoms with Gasteiger partial charge in [0.2, 0.25) is 0 Å². The quantitative estimate of drug-likeness (QED) is 0.849. The number of aryl methyl sites for hydroxylation is 3. The zero-order valence-electron chi connectivity index (χ0n) is 14.3. The van der Waals surface area contributed by atoms with Crippen molar-refractivity contribution >= 4 is 5.82 Å². The minimum atomic E-state index is 0.683. The normalized spacial score (nSPS) is 10.6. The van der Waals surface area contributed by atoms with Gasteiger partial charge >= 0.3 is 0 Å². The van der Waals surface area contributed by atoms with Crippen LogP contribution in [0.25, 0.3) is 0 Å². The van der Waals surface area contributed by atoms with Crippen molar-refractivity contribution in [2.45, 2.75) is 40.7 Å². The van der Waals surface area contributed by atoms with Crippen LogP contribution in [0.15, 0.2) is 12.3 Å². The van der Waals surface area contributed by atoms with Crippen LogP contribution >= 0.6 is 0 Å². The largest absolute Gasteiger partial charge is 0.496 e. The Bertz CT molecular complexity index is 670. The lowest BCUT2D eigenvalue weighted by molar-refractivity contribution is 0.407. The Morgan fingerprint density at radius 3 is 2.55 bits per heavy atom. The van der Waals surface area contributed by atoms with Gasteiger partial charge in [-0.1, -0.05) is 6.92 Å². The molecule has 0 fully saturated rings. The fraction of sp³-hybridized carbons (Fsp3) is 0.471. The smallest absolute Gasteiger partial charge is 0.132 e. The fourth-order valence-corrected chi connectivity index (χ4v) is 2.50. The molecule has 0 unspecified atom stereocenters. The Hall–Kier alpha value is -2.17. The van der Waals surface area contributed by atoms with E-state index in [0.29, 0.717) is 6.54 Å². The first kappa shape index (κ1) is 16.2. The van der Waals surface area contributed by atoms with E-state index in [1.807, 2.05) is 40.1 Å². The number of hydrogen-bond acceptors (Lipinski definition) is 5. The molecule has 0 aliphatic rings. The molecule has 2 heterocycles. The Balaban J connectivity index is 2.29. The summed E-state index contributed by atoms with van der Waals surface area (Å²) in [6, 6.07) is 2.00. The monoisotopic (exact) mass is 300 g/mol. The van der Waals surface area contributed by atoms with Crippen LogP contribution in [0.1, 0.15) is 35.3 Å². The van der Waals surface area contributed by atoms with Gasteiger partial charge < -0.3 is 9.64 Å². The van der Waals surface area contributed by atoms with Gasteiger partial charge in [-0.25, -0.2) is 9.97 Å². The molecule has 5 nitrogen and oxygen atoms in total. The molecule has 5 heteroatoms. The summed E-state index contributed by atoms with van der Waals surface area (Å²) in [6.07, 6.45) is 2.69. The lowest BCUT2D eigenvalue weighted by atomic mass is 10.1. The van der Waals surface area contributed by atoms with Crippen LogP contribution in [0.4, 0.5) is 5.82 Å². The average Bonchev–Trinajstić information content (AvgIpc) is 2.50. The van der Waals surface area contributed by atoms with Crippen molar-refractivity contribution in [3.63, 3.8) is 0 Å². The maximum absolute atomic E-state index is 5.48. The first-order valence-corrected chi connectivity index (χ1v) is 7.51. The molecule has 22 heavy (non-hydrogen) atoms. The lowest BCUT2D eigenvalue weighted by Crippen LogP contribution is -2.20. The van der Waals surface area contributed by atoms with E-state index in [4.69, 9.17) is 4.74 Å². The Labute approximate surface area is 132 Å². The highest BCUT2D eigenvalue weighted by atomic mass is 16.5. The number of aromatic nitrogens is 3. The number of ether oxygens (including phenoxy) is 1. The van der Waals surface area contributed by atoms with Gasteiger partial charge in [-0.2, -0.15) is 0 Å². The summed E-state index contributed by atoms with van der Waals surface area (Å²) < 4.78 is 5.48. The Kier molecular flexibility index (Phi) is 4.96. The van der Waals surface area contributed by atoms with Gasteiger partial charge in [-0.15, -0.1) is 0 Å². The first-order valence-electron chi connectivity index (χ1n) is 7.51. The van der Waals surface area contributed by atoms with E-state index in [1.54, 1.807) is 7.11 Å². The summed E-state index contributed by atoms with van der Waals surface area (Å²) >= 11 is 0. The van der Waals surface area contributed by atoms with Crippen LogP contribution in [0.3, 0.4) is 0 Å². The van der Waals surface area contributed by atoms with Crippen LogP contribution in [0.2, 0.25) is 0 Å². The van der Waals surface area contributed by atoms with Gasteiger partial charge in [-0.05, 0) is 20.8 Å². The van der Waals surface area contributed by atoms with Gasteiger partial charge in [0.1, 0.15) is 17.4 Å². The van der Waals surface area contributed by atoms with Gasteiger partial charge in [-0.3, -0.25) is 4.98 Å². The molecule has 0 saturated carbocycles. The molecule has 0 atom stereocenters. The zero-order valence-corrected chi connectivity index (χ0v) is 14.3. The summed E-state index contributed by atoms with van der Waals surface area (Å²) in [5.74, 6) is 2.70. The summed E-state index contributed by atoms with van der Waals surface area (Å²) in [4.78, 5) is 15.7. The summed E-state index contributed by atoms with van der Waals surface area (Å²) in [7, 11) is 3.72. The van der Waals surface area contributed by atoms with Crippen molar-refractivity contribution in [2.24, 2.45) is 0 Å². The Morgan fingerprint density at radius 1 is 1.18 bits per heavy atom. The minimum Gasteiger partial charge on any atom is -0.496 e. The SMILES string of the molecule is CCc1nc(C)cc(N(C)Cc2ncc(C)c(OC)c2C)n1. The van der Waals surface area contributed by atoms with Crippen molar-refractivity contribution < 1.29 is 4.74 Å². The molecule has 0 amide bonds. The van der Waals surface area contributed by atoms with Crippen LogP contribution in [0, 0.1) is 20.8 Å². The van der Waals surface area contributed by atoms with Gasteiger partial charge in [0.25, 0.3) is 0 Å². The number of methoxy groups -OCH3 is 1. The summed E-state index contributed by atoms with van der Waals surface area (Å²) in [6.45, 7) is 8.80. The number of rotatable bonds is 5. The van der Waals surface area contributed by atoms with Gasteiger partial charge in [0, 0.05) is 42.6 Å². The third-order valence-corrected chi connectivity index (χ3v) is 3.73. The van der Waals surface area contributed by atoms with E-state index in [-0.39, 0.29) is 0 Å². The van der Waals surface area contributed by atoms with E-state index in [2.05, 4.69) is 26.8 Å². The van der Waals surface area contributed by atoms with E-state index < -0.39 is 0 Å². The Morgan fingerprint density at radius 2 is 1.91 bits per heavy atom. The number of hydrogen-bond donors (Lipinski definition) is 0. The highest BCUT2D eigenvalue weighted by Gasteiger charge is 2.13. The van der Waals surface area contributed by atoms with Crippen LogP contribution in [-0.4, -0.2) is 29.1 Å². The van der Waals surface area contributed by atoms with Crippen LogP contribution in [0.5, 0.6) is 5.75 Å². The molecule has 2 aromatic rings. The highest BCUT2D eigenvalue weighted by molar-refractivity contribution is 5.44. The van der Waals surface area contributed by atoms with Gasteiger partial charge in [0.15, 0.2) is 0 Å². The summed E-state index contributed by atoms with van der Waals surface area (Å²) in [5.41, 5.74) is 4.12. The lowest BCUT2D eigenvalue weighted by Gasteiger charge is -2.21. The van der Waals surface area contributed by atoms with Gasteiger partial charge in [0.05, 0.1) is 19.3 Å². The molecule has 0 bridgehead atoms. The number of pyridine rings is 1. The summed E-state index contributed by atoms with van der Waals surface area (Å²) in [5, 5.41) is 0. The van der Waals surface area contributed by atoms with E-state index in [0.717, 1.165) is 46.3 Å². The third kappa shape index (κ3) is 3.35. The fourth-order valence-electron chi connectivity index (χ4n) is 2.50. The van der Waals surface area contributed by atoms with Crippen molar-refractivity contribution in [2.75, 3.05) is 19.1 Å². The average molecular weight is 300 g/mol. The van der Waals surface area contributed by atoms with E-state index in [1.165, 1.54) is 0 Å². The minimum absolute atomic E-state index is 0.683. The molecule has 0 aliphatic carbocycles.